The summed E-state index contributed by atoms with van der Waals surface area (Å²) in [4.78, 5) is 69.0. The lowest BCUT2D eigenvalue weighted by molar-refractivity contribution is -0.147. The first-order chi connectivity index (χ1) is 31.3. The number of carbonyl (C=O) groups is 5. The molecule has 2 fully saturated rings. The Hall–Kier alpha value is -5.01. The van der Waals surface area contributed by atoms with Crippen LogP contribution in [0.3, 0.4) is 0 Å². The van der Waals surface area contributed by atoms with Crippen LogP contribution in [0.2, 0.25) is 0 Å². The maximum Gasteiger partial charge on any atom is 0.409 e. The van der Waals surface area contributed by atoms with E-state index >= 15 is 0 Å². The van der Waals surface area contributed by atoms with Gasteiger partial charge in [-0.05, 0) is 23.6 Å². The highest BCUT2D eigenvalue weighted by atomic mass is 33.1. The number of carbonyl (C=O) groups excluding carboxylic acids is 5. The van der Waals surface area contributed by atoms with Crippen molar-refractivity contribution in [1.29, 1.82) is 0 Å². The van der Waals surface area contributed by atoms with Crippen molar-refractivity contribution >= 4 is 51.7 Å². The molecule has 0 bridgehead atoms. The van der Waals surface area contributed by atoms with Crippen molar-refractivity contribution in [1.82, 2.24) is 24.9 Å². The molecule has 0 spiro atoms. The fourth-order valence-corrected chi connectivity index (χ4v) is 9.09. The van der Waals surface area contributed by atoms with Gasteiger partial charge in [0.1, 0.15) is 26.4 Å². The molecule has 3 aromatic rings. The van der Waals surface area contributed by atoms with E-state index < -0.39 is 23.7 Å². The monoisotopic (exact) mass is 923 g/mol. The zero-order valence-corrected chi connectivity index (χ0v) is 38.2. The smallest absolute Gasteiger partial charge is 0.409 e. The van der Waals surface area contributed by atoms with E-state index in [0.717, 1.165) is 0 Å². The minimum Gasteiger partial charge on any atom is -0.463 e. The molecule has 2 saturated heterocycles. The highest BCUT2D eigenvalue weighted by Crippen LogP contribution is 2.42. The van der Waals surface area contributed by atoms with E-state index in [1.165, 1.54) is 38.3 Å². The van der Waals surface area contributed by atoms with Crippen LogP contribution in [0.1, 0.15) is 36.5 Å². The molecule has 0 atom stereocenters. The molecule has 2 heterocycles. The van der Waals surface area contributed by atoms with Crippen molar-refractivity contribution in [3.05, 3.63) is 108 Å². The Kier molecular flexibility index (Phi) is 21.9. The SMILES string of the molecule is CCNC(=O)OCCSSCCOC(=O)N1CCN(C(=O)CCC(=O)OCCOCCOCCOC(=O)N2CCN(C(c3ccccc3)(c3ccccc3)c3ccccc3)CC2)CC1. The molecule has 0 aliphatic carbocycles. The Morgan fingerprint density at radius 1 is 0.516 bits per heavy atom. The number of hydrogen-bond donors (Lipinski definition) is 1. The van der Waals surface area contributed by atoms with Gasteiger partial charge in [-0.1, -0.05) is 113 Å². The van der Waals surface area contributed by atoms with Crippen LogP contribution in [-0.4, -0.2) is 173 Å². The fourth-order valence-electron chi connectivity index (χ4n) is 7.44. The largest absolute Gasteiger partial charge is 0.463 e. The van der Waals surface area contributed by atoms with E-state index in [1.807, 2.05) is 25.1 Å². The zero-order valence-electron chi connectivity index (χ0n) is 36.6. The van der Waals surface area contributed by atoms with Crippen LogP contribution in [0.25, 0.3) is 0 Å². The van der Waals surface area contributed by atoms with E-state index in [-0.39, 0.29) is 71.1 Å². The molecule has 3 aromatic carbocycles. The topological polar surface area (TPSA) is 166 Å². The third-order valence-electron chi connectivity index (χ3n) is 10.5. The third kappa shape index (κ3) is 15.6. The number of esters is 1. The van der Waals surface area contributed by atoms with E-state index in [2.05, 4.69) is 83.0 Å². The molecule has 2 aliphatic heterocycles. The maximum absolute atomic E-state index is 13.0. The Labute approximate surface area is 383 Å². The maximum atomic E-state index is 13.0. The lowest BCUT2D eigenvalue weighted by atomic mass is 9.75. The summed E-state index contributed by atoms with van der Waals surface area (Å²) >= 11 is 0. The summed E-state index contributed by atoms with van der Waals surface area (Å²) in [5.41, 5.74) is 2.96. The van der Waals surface area contributed by atoms with Crippen molar-refractivity contribution in [2.24, 2.45) is 0 Å². The lowest BCUT2D eigenvalue weighted by Crippen LogP contribution is -2.57. The van der Waals surface area contributed by atoms with Crippen molar-refractivity contribution < 1.29 is 52.4 Å². The standard InChI is InChI=1S/C46H61N5O11S2/c1-2-47-43(54)60-34-36-63-64-37-35-62-45(56)49-22-20-48(21-23-49)41(52)18-19-42(53)59-32-30-57-28-29-58-31-33-61-44(55)50-24-26-51(27-25-50)46(38-12-6-3-7-13-38,39-14-8-4-9-15-39)40-16-10-5-11-17-40/h3-17H,2,18-37H2,1H3,(H,47,54). The first-order valence-electron chi connectivity index (χ1n) is 21.8. The summed E-state index contributed by atoms with van der Waals surface area (Å²) in [5, 5.41) is 2.56. The average Bonchev–Trinajstić information content (AvgIpc) is 3.33. The van der Waals surface area contributed by atoms with Gasteiger partial charge in [-0.2, -0.15) is 0 Å². The van der Waals surface area contributed by atoms with E-state index in [4.69, 9.17) is 28.4 Å². The molecule has 0 saturated carbocycles. The van der Waals surface area contributed by atoms with Gasteiger partial charge < -0.3 is 48.4 Å². The highest BCUT2D eigenvalue weighted by molar-refractivity contribution is 8.76. The second-order valence-electron chi connectivity index (χ2n) is 14.6. The molecule has 4 amide bonds. The normalized spacial score (nSPS) is 14.4. The van der Waals surface area contributed by atoms with Gasteiger partial charge in [-0.15, -0.1) is 0 Å². The molecule has 1 N–H and O–H groups in total. The number of alkyl carbamates (subject to hydrolysis) is 1. The number of hydrogen-bond acceptors (Lipinski definition) is 14. The predicted molar refractivity (Wildman–Crippen MR) is 245 cm³/mol. The van der Waals surface area contributed by atoms with Gasteiger partial charge >= 0.3 is 24.2 Å². The minimum atomic E-state index is -0.534. The Balaban J connectivity index is 0.865. The van der Waals surface area contributed by atoms with Crippen LogP contribution in [-0.2, 0) is 43.5 Å². The number of ether oxygens (including phenoxy) is 6. The number of benzene rings is 3. The molecule has 348 valence electrons. The second-order valence-corrected chi connectivity index (χ2v) is 17.3. The second kappa shape index (κ2) is 28.0. The summed E-state index contributed by atoms with van der Waals surface area (Å²) < 4.78 is 32.2. The Bertz CT molecular complexity index is 1760. The van der Waals surface area contributed by atoms with Crippen LogP contribution in [0.5, 0.6) is 0 Å². The van der Waals surface area contributed by atoms with Gasteiger partial charge in [0.2, 0.25) is 5.91 Å². The van der Waals surface area contributed by atoms with Crippen molar-refractivity contribution in [3.8, 4) is 0 Å². The van der Waals surface area contributed by atoms with E-state index in [1.54, 1.807) is 14.7 Å². The summed E-state index contributed by atoms with van der Waals surface area (Å²) in [6.07, 6.45) is -1.27. The van der Waals surface area contributed by atoms with Gasteiger partial charge in [0.15, 0.2) is 0 Å². The van der Waals surface area contributed by atoms with E-state index in [0.29, 0.717) is 77.0 Å². The lowest BCUT2D eigenvalue weighted by Gasteiger charge is -2.48. The molecule has 5 rings (SSSR count). The molecule has 0 radical (unpaired) electrons. The van der Waals surface area contributed by atoms with Crippen LogP contribution in [0.15, 0.2) is 91.0 Å². The van der Waals surface area contributed by atoms with Gasteiger partial charge in [-0.25, -0.2) is 14.4 Å². The van der Waals surface area contributed by atoms with Gasteiger partial charge in [0.25, 0.3) is 0 Å². The van der Waals surface area contributed by atoms with Gasteiger partial charge in [0.05, 0.1) is 38.4 Å². The quantitative estimate of drug-likeness (QED) is 0.0394. The summed E-state index contributed by atoms with van der Waals surface area (Å²) in [7, 11) is 3.05. The molecular formula is C46H61N5O11S2. The highest BCUT2D eigenvalue weighted by Gasteiger charge is 2.43. The average molecular weight is 924 g/mol. The number of amides is 4. The summed E-state index contributed by atoms with van der Waals surface area (Å²) in [6, 6.07) is 31.6. The molecule has 0 unspecified atom stereocenters. The first kappa shape index (κ1) is 50.0. The van der Waals surface area contributed by atoms with Gasteiger partial charge in [-0.3, -0.25) is 14.5 Å². The molecular weight excluding hydrogens is 863 g/mol. The molecule has 64 heavy (non-hydrogen) atoms. The number of nitrogens with one attached hydrogen (secondary N) is 1. The molecule has 2 aliphatic rings. The number of nitrogens with zero attached hydrogens (tertiary/aromatic N) is 4. The van der Waals surface area contributed by atoms with Crippen molar-refractivity contribution in [3.63, 3.8) is 0 Å². The van der Waals surface area contributed by atoms with Crippen LogP contribution in [0, 0.1) is 0 Å². The molecule has 16 nitrogen and oxygen atoms in total. The van der Waals surface area contributed by atoms with E-state index in [9.17, 15) is 24.0 Å². The number of rotatable bonds is 24. The van der Waals surface area contributed by atoms with Crippen LogP contribution >= 0.6 is 21.6 Å². The molecule has 0 aromatic heterocycles. The van der Waals surface area contributed by atoms with Crippen molar-refractivity contribution in [2.45, 2.75) is 25.3 Å². The Morgan fingerprint density at radius 3 is 1.44 bits per heavy atom. The third-order valence-corrected chi connectivity index (χ3v) is 12.9. The number of piperazine rings is 2. The first-order valence-corrected chi connectivity index (χ1v) is 24.3. The minimum absolute atomic E-state index is 0.0133. The van der Waals surface area contributed by atoms with Crippen LogP contribution < -0.4 is 5.32 Å². The Morgan fingerprint density at radius 2 is 0.938 bits per heavy atom. The van der Waals surface area contributed by atoms with Gasteiger partial charge in [0, 0.05) is 76.8 Å². The van der Waals surface area contributed by atoms with Crippen LogP contribution in [0.4, 0.5) is 14.4 Å². The zero-order chi connectivity index (χ0) is 45.2. The molecule has 18 heteroatoms. The summed E-state index contributed by atoms with van der Waals surface area (Å²) in [5.74, 6) is 0.551. The summed E-state index contributed by atoms with van der Waals surface area (Å²) in [6.45, 7) is 7.72. The fraction of sp³-hybridized carbons (Fsp3) is 0.500. The predicted octanol–water partition coefficient (Wildman–Crippen LogP) is 5.50. The van der Waals surface area contributed by atoms with Crippen molar-refractivity contribution in [2.75, 3.05) is 123 Å².